The quantitative estimate of drug-likeness (QED) is 0.318. The molecular weight excluding hydrogens is 503 g/mol. The van der Waals surface area contributed by atoms with Crippen LogP contribution in [-0.2, 0) is 11.3 Å². The molecule has 0 aliphatic heterocycles. The molecule has 158 valence electrons. The van der Waals surface area contributed by atoms with Gasteiger partial charge in [0.05, 0.1) is 17.8 Å². The Labute approximate surface area is 194 Å². The topological polar surface area (TPSA) is 66.0 Å². The van der Waals surface area contributed by atoms with E-state index in [2.05, 4.69) is 15.6 Å². The van der Waals surface area contributed by atoms with E-state index < -0.39 is 0 Å². The molecule has 0 bridgehead atoms. The summed E-state index contributed by atoms with van der Waals surface area (Å²) in [5, 5.41) is 6.58. The maximum atomic E-state index is 12.2. The predicted octanol–water partition coefficient (Wildman–Crippen LogP) is 4.31. The number of benzene rings is 2. The van der Waals surface area contributed by atoms with Crippen molar-refractivity contribution in [2.75, 3.05) is 33.1 Å². The summed E-state index contributed by atoms with van der Waals surface area (Å²) in [7, 11) is 5.31. The summed E-state index contributed by atoms with van der Waals surface area (Å²) >= 11 is 6.16. The third kappa shape index (κ3) is 7.74. The van der Waals surface area contributed by atoms with Crippen molar-refractivity contribution in [2.24, 2.45) is 4.99 Å². The molecule has 0 spiro atoms. The number of methoxy groups -OCH3 is 1. The average Bonchev–Trinajstić information content (AvgIpc) is 2.67. The fraction of sp³-hybridized carbons (Fsp3) is 0.333. The molecule has 0 aliphatic carbocycles. The number of carbonyl (C=O) groups is 1. The van der Waals surface area contributed by atoms with Gasteiger partial charge < -0.3 is 20.3 Å². The number of rotatable bonds is 7. The number of aliphatic imine (C=N–C) groups is 1. The number of halogens is 2. The fourth-order valence-corrected chi connectivity index (χ4v) is 3.05. The van der Waals surface area contributed by atoms with Crippen LogP contribution >= 0.6 is 35.6 Å². The third-order valence-electron chi connectivity index (χ3n) is 4.21. The third-order valence-corrected chi connectivity index (χ3v) is 4.52. The average molecular weight is 531 g/mol. The smallest absolute Gasteiger partial charge is 0.226 e. The van der Waals surface area contributed by atoms with Gasteiger partial charge in [-0.05, 0) is 30.7 Å². The molecule has 29 heavy (non-hydrogen) atoms. The van der Waals surface area contributed by atoms with Gasteiger partial charge in [-0.25, -0.2) is 0 Å². The van der Waals surface area contributed by atoms with Crippen molar-refractivity contribution in [3.8, 4) is 5.75 Å². The Kier molecular flexibility index (Phi) is 10.8. The number of guanidine groups is 1. The van der Waals surface area contributed by atoms with Gasteiger partial charge in [-0.3, -0.25) is 9.79 Å². The fourth-order valence-electron chi connectivity index (χ4n) is 2.77. The van der Waals surface area contributed by atoms with Crippen LogP contribution < -0.4 is 15.4 Å². The van der Waals surface area contributed by atoms with Crippen molar-refractivity contribution in [2.45, 2.75) is 19.9 Å². The molecule has 0 fully saturated rings. The zero-order valence-corrected chi connectivity index (χ0v) is 20.2. The minimum atomic E-state index is -0.110. The molecule has 0 saturated carbocycles. The summed E-state index contributed by atoms with van der Waals surface area (Å²) in [6.45, 7) is 3.04. The van der Waals surface area contributed by atoms with Crippen molar-refractivity contribution < 1.29 is 9.53 Å². The molecule has 8 heteroatoms. The van der Waals surface area contributed by atoms with Gasteiger partial charge >= 0.3 is 0 Å². The summed E-state index contributed by atoms with van der Waals surface area (Å²) in [4.78, 5) is 18.4. The Bertz CT molecular complexity index is 845. The molecule has 2 N–H and O–H groups in total. The summed E-state index contributed by atoms with van der Waals surface area (Å²) < 4.78 is 5.40. The zero-order chi connectivity index (χ0) is 20.5. The molecule has 1 amide bonds. The van der Waals surface area contributed by atoms with Crippen molar-refractivity contribution in [1.29, 1.82) is 0 Å². The van der Waals surface area contributed by atoms with Crippen molar-refractivity contribution >= 4 is 53.1 Å². The minimum absolute atomic E-state index is 0. The van der Waals surface area contributed by atoms with Crippen LogP contribution in [0.15, 0.2) is 47.5 Å². The van der Waals surface area contributed by atoms with Crippen LogP contribution in [0.25, 0.3) is 0 Å². The lowest BCUT2D eigenvalue weighted by atomic mass is 10.2. The highest BCUT2D eigenvalue weighted by atomic mass is 127. The first-order valence-corrected chi connectivity index (χ1v) is 9.42. The molecule has 0 radical (unpaired) electrons. The second-order valence-electron chi connectivity index (χ2n) is 6.42. The lowest BCUT2D eigenvalue weighted by Crippen LogP contribution is -2.39. The van der Waals surface area contributed by atoms with E-state index in [1.165, 1.54) is 0 Å². The number of para-hydroxylation sites is 1. The highest BCUT2D eigenvalue weighted by Crippen LogP contribution is 2.22. The molecule has 0 unspecified atom stereocenters. The summed E-state index contributed by atoms with van der Waals surface area (Å²) in [5.41, 5.74) is 2.73. The lowest BCUT2D eigenvalue weighted by Gasteiger charge is -2.23. The maximum absolute atomic E-state index is 12.2. The van der Waals surface area contributed by atoms with Gasteiger partial charge in [0, 0.05) is 39.2 Å². The van der Waals surface area contributed by atoms with Gasteiger partial charge in [0.15, 0.2) is 5.96 Å². The molecule has 0 saturated heterocycles. The van der Waals surface area contributed by atoms with E-state index in [0.717, 1.165) is 16.9 Å². The van der Waals surface area contributed by atoms with E-state index in [1.54, 1.807) is 14.2 Å². The molecule has 0 aliphatic rings. The van der Waals surface area contributed by atoms with Gasteiger partial charge in [-0.1, -0.05) is 35.9 Å². The number of carbonyl (C=O) groups excluding carboxylic acids is 1. The molecule has 0 heterocycles. The molecule has 2 aromatic rings. The van der Waals surface area contributed by atoms with Gasteiger partial charge in [0.25, 0.3) is 0 Å². The van der Waals surface area contributed by atoms with E-state index in [9.17, 15) is 4.79 Å². The first-order valence-electron chi connectivity index (χ1n) is 9.04. The van der Waals surface area contributed by atoms with Crippen LogP contribution in [0.1, 0.15) is 17.5 Å². The van der Waals surface area contributed by atoms with Gasteiger partial charge in [0.2, 0.25) is 5.91 Å². The number of nitrogens with one attached hydrogen (secondary N) is 2. The van der Waals surface area contributed by atoms with E-state index in [0.29, 0.717) is 36.2 Å². The van der Waals surface area contributed by atoms with Gasteiger partial charge in [0.1, 0.15) is 5.75 Å². The largest absolute Gasteiger partial charge is 0.496 e. The Hall–Kier alpha value is -2.00. The summed E-state index contributed by atoms with van der Waals surface area (Å²) in [5.74, 6) is 1.42. The predicted molar refractivity (Wildman–Crippen MR) is 131 cm³/mol. The molecular formula is C21H28ClIN4O2. The second-order valence-corrected chi connectivity index (χ2v) is 6.83. The number of ether oxygens (including phenoxy) is 1. The van der Waals surface area contributed by atoms with E-state index in [-0.39, 0.29) is 29.9 Å². The highest BCUT2D eigenvalue weighted by Gasteiger charge is 2.11. The number of anilines is 1. The Balaban J connectivity index is 0.00000420. The van der Waals surface area contributed by atoms with Crippen LogP contribution in [0, 0.1) is 6.92 Å². The second kappa shape index (κ2) is 12.5. The molecule has 6 nitrogen and oxygen atoms in total. The Morgan fingerprint density at radius 3 is 2.62 bits per heavy atom. The van der Waals surface area contributed by atoms with Crippen molar-refractivity contribution in [3.63, 3.8) is 0 Å². The normalized spacial score (nSPS) is 10.7. The van der Waals surface area contributed by atoms with E-state index in [4.69, 9.17) is 16.3 Å². The monoisotopic (exact) mass is 530 g/mol. The van der Waals surface area contributed by atoms with Crippen LogP contribution in [0.5, 0.6) is 5.75 Å². The van der Waals surface area contributed by atoms with Crippen LogP contribution in [0.3, 0.4) is 0 Å². The van der Waals surface area contributed by atoms with Crippen molar-refractivity contribution in [1.82, 2.24) is 10.2 Å². The zero-order valence-electron chi connectivity index (χ0n) is 17.2. The molecule has 0 aromatic heterocycles. The first kappa shape index (κ1) is 25.0. The maximum Gasteiger partial charge on any atom is 0.226 e. The number of hydrogen-bond acceptors (Lipinski definition) is 3. The minimum Gasteiger partial charge on any atom is -0.496 e. The molecule has 2 rings (SSSR count). The summed E-state index contributed by atoms with van der Waals surface area (Å²) in [6.07, 6.45) is 0.297. The highest BCUT2D eigenvalue weighted by molar-refractivity contribution is 14.0. The van der Waals surface area contributed by atoms with Crippen LogP contribution in [-0.4, -0.2) is 44.5 Å². The SMILES string of the molecule is CN=C(NCCC(=O)Nc1ccc(C)cc1Cl)N(C)Cc1ccccc1OC.I. The van der Waals surface area contributed by atoms with Gasteiger partial charge in [-0.2, -0.15) is 0 Å². The molecule has 2 aromatic carbocycles. The number of hydrogen-bond donors (Lipinski definition) is 2. The van der Waals surface area contributed by atoms with E-state index in [1.807, 2.05) is 61.3 Å². The number of amides is 1. The van der Waals surface area contributed by atoms with Gasteiger partial charge in [-0.15, -0.1) is 24.0 Å². The first-order chi connectivity index (χ1) is 13.4. The number of nitrogens with zero attached hydrogens (tertiary/aromatic N) is 2. The van der Waals surface area contributed by atoms with Crippen molar-refractivity contribution in [3.05, 3.63) is 58.6 Å². The lowest BCUT2D eigenvalue weighted by molar-refractivity contribution is -0.116. The van der Waals surface area contributed by atoms with Crippen LogP contribution in [0.2, 0.25) is 5.02 Å². The van der Waals surface area contributed by atoms with Crippen LogP contribution in [0.4, 0.5) is 5.69 Å². The Morgan fingerprint density at radius 2 is 1.97 bits per heavy atom. The summed E-state index contributed by atoms with van der Waals surface area (Å²) in [6, 6.07) is 13.4. The molecule has 0 atom stereocenters. The number of aryl methyl sites for hydroxylation is 1. The standard InChI is InChI=1S/C21H27ClN4O2.HI/c1-15-9-10-18(17(22)13-15)25-20(27)11-12-24-21(23-2)26(3)14-16-7-5-6-8-19(16)28-4;/h5-10,13H,11-12,14H2,1-4H3,(H,23,24)(H,25,27);1H. The Morgan fingerprint density at radius 1 is 1.24 bits per heavy atom. The van der Waals surface area contributed by atoms with E-state index >= 15 is 0 Å².